The maximum absolute atomic E-state index is 12.0. The average Bonchev–Trinajstić information content (AvgIpc) is 2.54. The Kier molecular flexibility index (Phi) is 4.49. The maximum Gasteiger partial charge on any atom is 0.349 e. The first-order valence-electron chi connectivity index (χ1n) is 7.21. The van der Waals surface area contributed by atoms with Gasteiger partial charge in [0.1, 0.15) is 11.5 Å². The molecule has 0 fully saturated rings. The van der Waals surface area contributed by atoms with Gasteiger partial charge in [0.25, 0.3) is 0 Å². The Morgan fingerprint density at radius 2 is 1.78 bits per heavy atom. The summed E-state index contributed by atoms with van der Waals surface area (Å²) in [5, 5.41) is 2.55. The van der Waals surface area contributed by atoms with Gasteiger partial charge in [-0.3, -0.25) is 0 Å². The van der Waals surface area contributed by atoms with Crippen LogP contribution in [0.1, 0.15) is 5.56 Å². The first-order valence-corrected chi connectivity index (χ1v) is 7.59. The van der Waals surface area contributed by atoms with E-state index < -0.39 is 5.97 Å². The van der Waals surface area contributed by atoms with Crippen molar-refractivity contribution in [2.45, 2.75) is 6.92 Å². The standard InChI is InChI=1S/C19H15ClO3/c1-13-11-15(20)9-10-17(13)22-12-19(21)23-18-8-4-6-14-5-2-3-7-16(14)18/h2-11H,12H2,1H3. The molecule has 0 aromatic heterocycles. The number of benzene rings is 3. The summed E-state index contributed by atoms with van der Waals surface area (Å²) in [6.45, 7) is 1.71. The normalized spacial score (nSPS) is 10.5. The molecule has 0 unspecified atom stereocenters. The molecular weight excluding hydrogens is 312 g/mol. The van der Waals surface area contributed by atoms with Crippen LogP contribution in [-0.4, -0.2) is 12.6 Å². The number of halogens is 1. The summed E-state index contributed by atoms with van der Waals surface area (Å²) in [7, 11) is 0. The molecular formula is C19H15ClO3. The van der Waals surface area contributed by atoms with Gasteiger partial charge in [0.15, 0.2) is 6.61 Å². The number of hydrogen-bond acceptors (Lipinski definition) is 3. The third-order valence-electron chi connectivity index (χ3n) is 3.46. The predicted octanol–water partition coefficient (Wildman–Crippen LogP) is 4.79. The van der Waals surface area contributed by atoms with Crippen LogP contribution >= 0.6 is 11.6 Å². The van der Waals surface area contributed by atoms with E-state index in [1.807, 2.05) is 43.3 Å². The Morgan fingerprint density at radius 1 is 1.00 bits per heavy atom. The first kappa shape index (κ1) is 15.4. The fourth-order valence-corrected chi connectivity index (χ4v) is 2.57. The molecule has 0 aliphatic carbocycles. The minimum atomic E-state index is -0.448. The third kappa shape index (κ3) is 3.63. The number of fused-ring (bicyclic) bond motifs is 1. The quantitative estimate of drug-likeness (QED) is 0.511. The zero-order valence-electron chi connectivity index (χ0n) is 12.6. The zero-order valence-corrected chi connectivity index (χ0v) is 13.3. The molecule has 0 aliphatic heterocycles. The lowest BCUT2D eigenvalue weighted by molar-refractivity contribution is -0.136. The fraction of sp³-hybridized carbons (Fsp3) is 0.105. The molecule has 3 nitrogen and oxygen atoms in total. The first-order chi connectivity index (χ1) is 11.1. The van der Waals surface area contributed by atoms with Crippen LogP contribution in [0, 0.1) is 6.92 Å². The van der Waals surface area contributed by atoms with Gasteiger partial charge >= 0.3 is 5.97 Å². The number of carbonyl (C=O) groups excluding carboxylic acids is 1. The molecule has 0 radical (unpaired) electrons. The Labute approximate surface area is 139 Å². The van der Waals surface area contributed by atoms with E-state index in [2.05, 4.69) is 0 Å². The Balaban J connectivity index is 1.69. The second-order valence-electron chi connectivity index (χ2n) is 5.15. The molecule has 0 saturated heterocycles. The van der Waals surface area contributed by atoms with E-state index in [9.17, 15) is 4.79 Å². The number of carbonyl (C=O) groups is 1. The lowest BCUT2D eigenvalue weighted by Gasteiger charge is -2.10. The van der Waals surface area contributed by atoms with Crippen molar-refractivity contribution in [2.75, 3.05) is 6.61 Å². The highest BCUT2D eigenvalue weighted by atomic mass is 35.5. The van der Waals surface area contributed by atoms with Crippen LogP contribution < -0.4 is 9.47 Å². The van der Waals surface area contributed by atoms with E-state index in [0.29, 0.717) is 16.5 Å². The lowest BCUT2D eigenvalue weighted by Crippen LogP contribution is -2.18. The van der Waals surface area contributed by atoms with Crippen LogP contribution in [0.5, 0.6) is 11.5 Å². The van der Waals surface area contributed by atoms with Crippen molar-refractivity contribution in [3.63, 3.8) is 0 Å². The van der Waals surface area contributed by atoms with Crippen molar-refractivity contribution in [3.05, 3.63) is 71.2 Å². The van der Waals surface area contributed by atoms with Crippen molar-refractivity contribution in [3.8, 4) is 11.5 Å². The largest absolute Gasteiger partial charge is 0.482 e. The minimum Gasteiger partial charge on any atom is -0.482 e. The van der Waals surface area contributed by atoms with Crippen LogP contribution in [0.4, 0.5) is 0 Å². The Hall–Kier alpha value is -2.52. The van der Waals surface area contributed by atoms with Crippen molar-refractivity contribution in [1.82, 2.24) is 0 Å². The minimum absolute atomic E-state index is 0.161. The molecule has 0 bridgehead atoms. The van der Waals surface area contributed by atoms with Gasteiger partial charge in [-0.15, -0.1) is 0 Å². The van der Waals surface area contributed by atoms with Crippen molar-refractivity contribution < 1.29 is 14.3 Å². The highest BCUT2D eigenvalue weighted by molar-refractivity contribution is 6.30. The fourth-order valence-electron chi connectivity index (χ4n) is 2.35. The van der Waals surface area contributed by atoms with E-state index in [0.717, 1.165) is 16.3 Å². The molecule has 0 spiro atoms. The van der Waals surface area contributed by atoms with E-state index in [1.54, 1.807) is 24.3 Å². The summed E-state index contributed by atoms with van der Waals surface area (Å²) in [6.07, 6.45) is 0. The van der Waals surface area contributed by atoms with Crippen LogP contribution in [0.2, 0.25) is 5.02 Å². The number of ether oxygens (including phenoxy) is 2. The van der Waals surface area contributed by atoms with Gasteiger partial charge in [0.05, 0.1) is 0 Å². The molecule has 0 atom stereocenters. The molecule has 0 amide bonds. The van der Waals surface area contributed by atoms with Crippen molar-refractivity contribution in [2.24, 2.45) is 0 Å². The molecule has 0 N–H and O–H groups in total. The van der Waals surface area contributed by atoms with E-state index in [4.69, 9.17) is 21.1 Å². The lowest BCUT2D eigenvalue weighted by atomic mass is 10.1. The van der Waals surface area contributed by atoms with E-state index in [1.165, 1.54) is 0 Å². The zero-order chi connectivity index (χ0) is 16.2. The predicted molar refractivity (Wildman–Crippen MR) is 91.3 cm³/mol. The highest BCUT2D eigenvalue weighted by Crippen LogP contribution is 2.25. The monoisotopic (exact) mass is 326 g/mol. The van der Waals surface area contributed by atoms with Gasteiger partial charge in [-0.2, -0.15) is 0 Å². The number of esters is 1. The number of hydrogen-bond donors (Lipinski definition) is 0. The highest BCUT2D eigenvalue weighted by Gasteiger charge is 2.10. The van der Waals surface area contributed by atoms with Crippen LogP contribution in [0.25, 0.3) is 10.8 Å². The SMILES string of the molecule is Cc1cc(Cl)ccc1OCC(=O)Oc1cccc2ccccc12. The van der Waals surface area contributed by atoms with Gasteiger partial charge < -0.3 is 9.47 Å². The molecule has 3 rings (SSSR count). The molecule has 0 saturated carbocycles. The average molecular weight is 327 g/mol. The van der Waals surface area contributed by atoms with Gasteiger partial charge in [-0.25, -0.2) is 4.79 Å². The van der Waals surface area contributed by atoms with Gasteiger partial charge in [-0.1, -0.05) is 48.0 Å². The summed E-state index contributed by atoms with van der Waals surface area (Å²) in [5.74, 6) is 0.699. The molecule has 4 heteroatoms. The molecule has 0 aliphatic rings. The second kappa shape index (κ2) is 6.71. The molecule has 23 heavy (non-hydrogen) atoms. The van der Waals surface area contributed by atoms with Crippen LogP contribution in [0.3, 0.4) is 0 Å². The molecule has 3 aromatic carbocycles. The van der Waals surface area contributed by atoms with Crippen LogP contribution in [0.15, 0.2) is 60.7 Å². The molecule has 0 heterocycles. The van der Waals surface area contributed by atoms with Gasteiger partial charge in [-0.05, 0) is 42.1 Å². The smallest absolute Gasteiger partial charge is 0.349 e. The van der Waals surface area contributed by atoms with Gasteiger partial charge in [0.2, 0.25) is 0 Å². The van der Waals surface area contributed by atoms with E-state index >= 15 is 0 Å². The van der Waals surface area contributed by atoms with Crippen LogP contribution in [-0.2, 0) is 4.79 Å². The summed E-state index contributed by atoms with van der Waals surface area (Å²) in [4.78, 5) is 12.0. The van der Waals surface area contributed by atoms with Crippen molar-refractivity contribution >= 4 is 28.3 Å². The molecule has 116 valence electrons. The number of aryl methyl sites for hydroxylation is 1. The number of rotatable bonds is 4. The topological polar surface area (TPSA) is 35.5 Å². The summed E-state index contributed by atoms with van der Waals surface area (Å²) < 4.78 is 10.9. The summed E-state index contributed by atoms with van der Waals surface area (Å²) in [6, 6.07) is 18.6. The Morgan fingerprint density at radius 3 is 2.61 bits per heavy atom. The van der Waals surface area contributed by atoms with Crippen molar-refractivity contribution in [1.29, 1.82) is 0 Å². The van der Waals surface area contributed by atoms with E-state index in [-0.39, 0.29) is 6.61 Å². The Bertz CT molecular complexity index is 853. The van der Waals surface area contributed by atoms with Gasteiger partial charge in [0, 0.05) is 10.4 Å². The maximum atomic E-state index is 12.0. The summed E-state index contributed by atoms with van der Waals surface area (Å²) >= 11 is 5.90. The summed E-state index contributed by atoms with van der Waals surface area (Å²) in [5.41, 5.74) is 0.871. The molecule has 3 aromatic rings. The third-order valence-corrected chi connectivity index (χ3v) is 3.69. The second-order valence-corrected chi connectivity index (χ2v) is 5.59.